The third-order valence-corrected chi connectivity index (χ3v) is 10.5. The zero-order valence-electron chi connectivity index (χ0n) is 19.5. The van der Waals surface area contributed by atoms with Crippen molar-refractivity contribution in [3.05, 3.63) is 36.5 Å². The smallest absolute Gasteiger partial charge is 0.192 e. The number of ether oxygens (including phenoxy) is 3. The Morgan fingerprint density at radius 3 is 2.43 bits per heavy atom. The summed E-state index contributed by atoms with van der Waals surface area (Å²) in [4.78, 5) is 0. The van der Waals surface area contributed by atoms with Crippen LogP contribution in [0.4, 0.5) is 0 Å². The molecule has 0 N–H and O–H groups in total. The minimum absolute atomic E-state index is 0.0319. The standard InChI is InChI=1S/C23H42O4Si/c1-11-12-20-13-14-21(25-16-24-8)22(26-20)18(3)15-17(2)19(4)27-28(9,10)23(5,6)7/h11,13-15,17,19-22H,1,12,16H2,2-10H3/b18-15+/t17-,19-,20+,21+,22+/m1/s1. The van der Waals surface area contributed by atoms with Crippen LogP contribution in [0.5, 0.6) is 0 Å². The Bertz CT molecular complexity index is 547. The Kier molecular flexibility index (Phi) is 9.84. The summed E-state index contributed by atoms with van der Waals surface area (Å²) in [5.74, 6) is 0.282. The largest absolute Gasteiger partial charge is 0.414 e. The van der Waals surface area contributed by atoms with Crippen LogP contribution in [0, 0.1) is 5.92 Å². The van der Waals surface area contributed by atoms with Crippen molar-refractivity contribution in [3.8, 4) is 0 Å². The lowest BCUT2D eigenvalue weighted by atomic mass is 9.96. The summed E-state index contributed by atoms with van der Waals surface area (Å²) in [6.07, 6.45) is 8.99. The van der Waals surface area contributed by atoms with Crippen LogP contribution >= 0.6 is 0 Å². The molecule has 0 spiro atoms. The Morgan fingerprint density at radius 2 is 1.89 bits per heavy atom. The van der Waals surface area contributed by atoms with Crippen LogP contribution in [0.2, 0.25) is 18.1 Å². The fourth-order valence-electron chi connectivity index (χ4n) is 2.99. The highest BCUT2D eigenvalue weighted by Crippen LogP contribution is 2.38. The average molecular weight is 411 g/mol. The molecule has 0 aromatic rings. The zero-order valence-corrected chi connectivity index (χ0v) is 20.5. The molecule has 0 unspecified atom stereocenters. The van der Waals surface area contributed by atoms with Crippen LogP contribution in [-0.2, 0) is 18.6 Å². The molecule has 162 valence electrons. The van der Waals surface area contributed by atoms with E-state index >= 15 is 0 Å². The normalized spacial score (nSPS) is 26.2. The van der Waals surface area contributed by atoms with Crippen molar-refractivity contribution >= 4 is 8.32 Å². The monoisotopic (exact) mass is 410 g/mol. The van der Waals surface area contributed by atoms with E-state index in [0.717, 1.165) is 12.0 Å². The third kappa shape index (κ3) is 7.27. The minimum atomic E-state index is -1.80. The molecule has 1 rings (SSSR count). The van der Waals surface area contributed by atoms with E-state index in [1.165, 1.54) is 0 Å². The van der Waals surface area contributed by atoms with Gasteiger partial charge < -0.3 is 18.6 Å². The third-order valence-electron chi connectivity index (χ3n) is 5.91. The molecule has 0 radical (unpaired) electrons. The summed E-state index contributed by atoms with van der Waals surface area (Å²) in [7, 11) is -0.166. The highest BCUT2D eigenvalue weighted by atomic mass is 28.4. The predicted molar refractivity (Wildman–Crippen MR) is 120 cm³/mol. The summed E-state index contributed by atoms with van der Waals surface area (Å²) in [5, 5.41) is 0.202. The van der Waals surface area contributed by atoms with Gasteiger partial charge in [0.2, 0.25) is 0 Å². The fraction of sp³-hybridized carbons (Fsp3) is 0.739. The van der Waals surface area contributed by atoms with Gasteiger partial charge in [-0.25, -0.2) is 0 Å². The van der Waals surface area contributed by atoms with Crippen molar-refractivity contribution in [2.75, 3.05) is 13.9 Å². The van der Waals surface area contributed by atoms with Crippen molar-refractivity contribution in [1.29, 1.82) is 0 Å². The maximum Gasteiger partial charge on any atom is 0.192 e. The second kappa shape index (κ2) is 10.9. The lowest BCUT2D eigenvalue weighted by Gasteiger charge is -2.40. The van der Waals surface area contributed by atoms with Gasteiger partial charge in [-0.15, -0.1) is 6.58 Å². The Labute approximate surface area is 174 Å². The molecule has 0 aromatic heterocycles. The molecule has 0 saturated heterocycles. The van der Waals surface area contributed by atoms with E-state index in [1.54, 1.807) is 7.11 Å². The molecule has 28 heavy (non-hydrogen) atoms. The van der Waals surface area contributed by atoms with Crippen molar-refractivity contribution in [2.45, 2.75) is 90.5 Å². The maximum absolute atomic E-state index is 6.58. The van der Waals surface area contributed by atoms with E-state index in [1.807, 2.05) is 6.08 Å². The van der Waals surface area contributed by atoms with Crippen molar-refractivity contribution < 1.29 is 18.6 Å². The first kappa shape index (κ1) is 25.3. The van der Waals surface area contributed by atoms with Gasteiger partial charge in [-0.2, -0.15) is 0 Å². The Balaban J connectivity index is 2.91. The van der Waals surface area contributed by atoms with Gasteiger partial charge in [-0.3, -0.25) is 0 Å². The van der Waals surface area contributed by atoms with Crippen LogP contribution in [0.3, 0.4) is 0 Å². The van der Waals surface area contributed by atoms with Crippen molar-refractivity contribution in [1.82, 2.24) is 0 Å². The minimum Gasteiger partial charge on any atom is -0.414 e. The van der Waals surface area contributed by atoms with Gasteiger partial charge >= 0.3 is 0 Å². The molecular weight excluding hydrogens is 368 g/mol. The SMILES string of the molecule is C=CC[C@H]1C=C[C@H](OCOC)[C@H](/C(C)=C/[C@@H](C)[C@@H](C)O[Si](C)(C)C(C)(C)C)O1. The molecule has 0 aromatic carbocycles. The Morgan fingerprint density at radius 1 is 1.25 bits per heavy atom. The number of hydrogen-bond donors (Lipinski definition) is 0. The molecule has 0 fully saturated rings. The first-order chi connectivity index (χ1) is 12.9. The van der Waals surface area contributed by atoms with Gasteiger partial charge in [0.15, 0.2) is 8.32 Å². The van der Waals surface area contributed by atoms with Crippen LogP contribution in [0.25, 0.3) is 0 Å². The van der Waals surface area contributed by atoms with Gasteiger partial charge in [0.1, 0.15) is 19.0 Å². The van der Waals surface area contributed by atoms with E-state index in [2.05, 4.69) is 79.4 Å². The second-order valence-corrected chi connectivity index (χ2v) is 14.2. The first-order valence-electron chi connectivity index (χ1n) is 10.3. The summed E-state index contributed by atoms with van der Waals surface area (Å²) in [5.41, 5.74) is 1.16. The molecule has 0 aliphatic carbocycles. The summed E-state index contributed by atoms with van der Waals surface area (Å²) in [6.45, 7) is 22.0. The molecule has 0 bridgehead atoms. The highest BCUT2D eigenvalue weighted by molar-refractivity contribution is 6.74. The Hall–Kier alpha value is -0.723. The lowest BCUT2D eigenvalue weighted by molar-refractivity contribution is -0.116. The van der Waals surface area contributed by atoms with E-state index in [0.29, 0.717) is 0 Å². The number of methoxy groups -OCH3 is 1. The van der Waals surface area contributed by atoms with Gasteiger partial charge in [0.25, 0.3) is 0 Å². The number of hydrogen-bond acceptors (Lipinski definition) is 4. The maximum atomic E-state index is 6.58. The zero-order chi connectivity index (χ0) is 21.5. The van der Waals surface area contributed by atoms with Crippen LogP contribution < -0.4 is 0 Å². The molecular formula is C23H42O4Si. The molecule has 1 aliphatic rings. The van der Waals surface area contributed by atoms with E-state index in [9.17, 15) is 0 Å². The van der Waals surface area contributed by atoms with E-state index in [4.69, 9.17) is 18.6 Å². The van der Waals surface area contributed by atoms with Crippen molar-refractivity contribution in [2.24, 2.45) is 5.92 Å². The van der Waals surface area contributed by atoms with Gasteiger partial charge in [-0.1, -0.05) is 52.0 Å². The second-order valence-electron chi connectivity index (χ2n) is 9.40. The quantitative estimate of drug-likeness (QED) is 0.256. The highest BCUT2D eigenvalue weighted by Gasteiger charge is 2.39. The number of rotatable bonds is 10. The predicted octanol–water partition coefficient (Wildman–Crippen LogP) is 5.87. The molecule has 0 amide bonds. The van der Waals surface area contributed by atoms with Gasteiger partial charge in [-0.05, 0) is 49.9 Å². The average Bonchev–Trinajstić information content (AvgIpc) is 2.59. The van der Waals surface area contributed by atoms with E-state index in [-0.39, 0.29) is 42.2 Å². The first-order valence-corrected chi connectivity index (χ1v) is 13.2. The topological polar surface area (TPSA) is 36.9 Å². The summed E-state index contributed by atoms with van der Waals surface area (Å²) >= 11 is 0. The molecule has 1 heterocycles. The summed E-state index contributed by atoms with van der Waals surface area (Å²) in [6, 6.07) is 0. The van der Waals surface area contributed by atoms with Crippen molar-refractivity contribution in [3.63, 3.8) is 0 Å². The fourth-order valence-corrected chi connectivity index (χ4v) is 4.49. The van der Waals surface area contributed by atoms with Crippen LogP contribution in [0.1, 0.15) is 48.0 Å². The molecule has 5 heteroatoms. The van der Waals surface area contributed by atoms with Gasteiger partial charge in [0.05, 0.1) is 6.10 Å². The molecule has 4 nitrogen and oxygen atoms in total. The molecule has 5 atom stereocenters. The summed E-state index contributed by atoms with van der Waals surface area (Å²) < 4.78 is 23.8. The lowest BCUT2D eigenvalue weighted by Crippen LogP contribution is -2.44. The van der Waals surface area contributed by atoms with Gasteiger partial charge in [0, 0.05) is 13.2 Å². The van der Waals surface area contributed by atoms with Crippen LogP contribution in [-0.4, -0.2) is 46.6 Å². The van der Waals surface area contributed by atoms with Crippen LogP contribution in [0.15, 0.2) is 36.5 Å². The molecule has 0 saturated carbocycles. The molecule has 1 aliphatic heterocycles. The van der Waals surface area contributed by atoms with E-state index < -0.39 is 8.32 Å².